The van der Waals surface area contributed by atoms with Gasteiger partial charge in [-0.1, -0.05) is 23.7 Å². The van der Waals surface area contributed by atoms with Crippen LogP contribution in [0.15, 0.2) is 42.5 Å². The van der Waals surface area contributed by atoms with Crippen LogP contribution in [0.25, 0.3) is 0 Å². The molecule has 2 rings (SSSR count). The molecule has 0 heterocycles. The van der Waals surface area contributed by atoms with Crippen LogP contribution in [0, 0.1) is 10.1 Å². The Morgan fingerprint density at radius 2 is 1.95 bits per heavy atom. The number of nitro groups is 1. The Hall–Kier alpha value is -1.78. The lowest BCUT2D eigenvalue weighted by Gasteiger charge is -2.10. The minimum atomic E-state index is -0.479. The second-order valence-electron chi connectivity index (χ2n) is 3.71. The fraction of sp³-hybridized carbons (Fsp3) is 0.0769. The van der Waals surface area contributed by atoms with Gasteiger partial charge in [-0.3, -0.25) is 10.1 Å². The molecule has 0 spiro atoms. The molecule has 19 heavy (non-hydrogen) atoms. The number of halogens is 2. The van der Waals surface area contributed by atoms with Gasteiger partial charge in [0.05, 0.1) is 16.9 Å². The Balaban J connectivity index is 2.33. The third-order valence-electron chi connectivity index (χ3n) is 2.47. The number of ether oxygens (including phenoxy) is 1. The second kappa shape index (κ2) is 5.91. The molecule has 2 aromatic carbocycles. The Morgan fingerprint density at radius 1 is 1.21 bits per heavy atom. The van der Waals surface area contributed by atoms with Crippen molar-refractivity contribution in [1.82, 2.24) is 0 Å². The Labute approximate surface area is 119 Å². The summed E-state index contributed by atoms with van der Waals surface area (Å²) in [5.41, 5.74) is 0.615. The van der Waals surface area contributed by atoms with Crippen LogP contribution in [0.4, 0.5) is 5.69 Å². The fourth-order valence-corrected chi connectivity index (χ4v) is 2.13. The Bertz CT molecular complexity index is 617. The number of nitrogens with zero attached hydrogens (tertiary/aromatic N) is 1. The number of rotatable bonds is 4. The van der Waals surface area contributed by atoms with E-state index in [0.717, 1.165) is 0 Å². The summed E-state index contributed by atoms with van der Waals surface area (Å²) in [6.07, 6.45) is 0. The van der Waals surface area contributed by atoms with Gasteiger partial charge in [0.15, 0.2) is 0 Å². The summed E-state index contributed by atoms with van der Waals surface area (Å²) in [4.78, 5) is 10.2. The maximum atomic E-state index is 10.7. The minimum absolute atomic E-state index is 0.0352. The van der Waals surface area contributed by atoms with E-state index in [1.165, 1.54) is 12.1 Å². The van der Waals surface area contributed by atoms with Gasteiger partial charge in [0, 0.05) is 16.7 Å². The van der Waals surface area contributed by atoms with Gasteiger partial charge in [-0.2, -0.15) is 0 Å². The molecule has 0 amide bonds. The smallest absolute Gasteiger partial charge is 0.273 e. The molecule has 98 valence electrons. The molecule has 0 aliphatic rings. The standard InChI is InChI=1S/C13H9Cl2NO3/c14-8-11-12(15)5-2-6-13(11)19-10-4-1-3-9(7-10)16(17)18/h1-7H,8H2. The van der Waals surface area contributed by atoms with E-state index < -0.39 is 4.92 Å². The molecule has 0 aliphatic heterocycles. The SMILES string of the molecule is O=[N+]([O-])c1cccc(Oc2cccc(Cl)c2CCl)c1. The monoisotopic (exact) mass is 297 g/mol. The van der Waals surface area contributed by atoms with Crippen LogP contribution in [0.1, 0.15) is 5.56 Å². The van der Waals surface area contributed by atoms with Gasteiger partial charge < -0.3 is 4.74 Å². The van der Waals surface area contributed by atoms with Gasteiger partial charge in [0.25, 0.3) is 5.69 Å². The van der Waals surface area contributed by atoms with Crippen LogP contribution in [0.3, 0.4) is 0 Å². The summed E-state index contributed by atoms with van der Waals surface area (Å²) in [5, 5.41) is 11.2. The first kappa shape index (κ1) is 13.6. The molecule has 4 nitrogen and oxygen atoms in total. The van der Waals surface area contributed by atoms with Crippen LogP contribution >= 0.6 is 23.2 Å². The molecule has 0 unspecified atom stereocenters. The van der Waals surface area contributed by atoms with Crippen molar-refractivity contribution in [3.05, 3.63) is 63.2 Å². The molecule has 0 aromatic heterocycles. The number of non-ortho nitro benzene ring substituents is 1. The first-order chi connectivity index (χ1) is 9.11. The van der Waals surface area contributed by atoms with Gasteiger partial charge in [0.1, 0.15) is 11.5 Å². The van der Waals surface area contributed by atoms with Gasteiger partial charge >= 0.3 is 0 Å². The van der Waals surface area contributed by atoms with Gasteiger partial charge in [-0.05, 0) is 18.2 Å². The maximum absolute atomic E-state index is 10.7. The average molecular weight is 298 g/mol. The van der Waals surface area contributed by atoms with Gasteiger partial charge in [-0.25, -0.2) is 0 Å². The summed E-state index contributed by atoms with van der Waals surface area (Å²) in [5.74, 6) is 1.05. The number of benzene rings is 2. The third-order valence-corrected chi connectivity index (χ3v) is 3.09. The molecule has 6 heteroatoms. The van der Waals surface area contributed by atoms with Crippen molar-refractivity contribution >= 4 is 28.9 Å². The number of hydrogen-bond donors (Lipinski definition) is 0. The van der Waals surface area contributed by atoms with Crippen molar-refractivity contribution in [3.63, 3.8) is 0 Å². The highest BCUT2D eigenvalue weighted by atomic mass is 35.5. The fourth-order valence-electron chi connectivity index (χ4n) is 1.55. The van der Waals surface area contributed by atoms with E-state index in [1.54, 1.807) is 30.3 Å². The zero-order valence-electron chi connectivity index (χ0n) is 9.68. The molecule has 0 saturated carbocycles. The number of hydrogen-bond acceptors (Lipinski definition) is 3. The van der Waals surface area contributed by atoms with Gasteiger partial charge in [0.2, 0.25) is 0 Å². The van der Waals surface area contributed by atoms with Crippen molar-refractivity contribution in [1.29, 1.82) is 0 Å². The van der Waals surface area contributed by atoms with Gasteiger partial charge in [-0.15, -0.1) is 11.6 Å². The van der Waals surface area contributed by atoms with Crippen molar-refractivity contribution in [2.75, 3.05) is 0 Å². The van der Waals surface area contributed by atoms with E-state index in [4.69, 9.17) is 27.9 Å². The maximum Gasteiger partial charge on any atom is 0.273 e. The molecular formula is C13H9Cl2NO3. The van der Waals surface area contributed by atoms with Crippen LogP contribution in [0.5, 0.6) is 11.5 Å². The molecule has 0 saturated heterocycles. The highest BCUT2D eigenvalue weighted by Crippen LogP contribution is 2.32. The molecule has 0 bridgehead atoms. The van der Waals surface area contributed by atoms with E-state index in [0.29, 0.717) is 22.1 Å². The Kier molecular flexibility index (Phi) is 4.24. The molecule has 0 fully saturated rings. The van der Waals surface area contributed by atoms with Crippen LogP contribution < -0.4 is 4.74 Å². The lowest BCUT2D eigenvalue weighted by Crippen LogP contribution is -1.92. The van der Waals surface area contributed by atoms with E-state index >= 15 is 0 Å². The summed E-state index contributed by atoms with van der Waals surface area (Å²) in [6.45, 7) is 0. The van der Waals surface area contributed by atoms with Crippen LogP contribution in [0.2, 0.25) is 5.02 Å². The first-order valence-corrected chi connectivity index (χ1v) is 6.28. The van der Waals surface area contributed by atoms with Crippen molar-refractivity contribution < 1.29 is 9.66 Å². The average Bonchev–Trinajstić information content (AvgIpc) is 2.39. The minimum Gasteiger partial charge on any atom is -0.457 e. The summed E-state index contributed by atoms with van der Waals surface area (Å²) < 4.78 is 5.60. The molecule has 2 aromatic rings. The largest absolute Gasteiger partial charge is 0.457 e. The lowest BCUT2D eigenvalue weighted by atomic mass is 10.2. The topological polar surface area (TPSA) is 52.4 Å². The number of nitro benzene ring substituents is 1. The molecule has 0 aliphatic carbocycles. The van der Waals surface area contributed by atoms with E-state index in [1.807, 2.05) is 0 Å². The molecular weight excluding hydrogens is 289 g/mol. The Morgan fingerprint density at radius 3 is 2.63 bits per heavy atom. The summed E-state index contributed by atoms with van der Waals surface area (Å²) in [6, 6.07) is 11.1. The van der Waals surface area contributed by atoms with Crippen molar-refractivity contribution in [2.24, 2.45) is 0 Å². The molecule has 0 atom stereocenters. The predicted molar refractivity (Wildman–Crippen MR) is 74.2 cm³/mol. The second-order valence-corrected chi connectivity index (χ2v) is 4.38. The summed E-state index contributed by atoms with van der Waals surface area (Å²) >= 11 is 11.8. The quantitative estimate of drug-likeness (QED) is 0.463. The van der Waals surface area contributed by atoms with Crippen LogP contribution in [-0.4, -0.2) is 4.92 Å². The van der Waals surface area contributed by atoms with E-state index in [-0.39, 0.29) is 11.6 Å². The number of alkyl halides is 1. The molecule has 0 N–H and O–H groups in total. The van der Waals surface area contributed by atoms with E-state index in [2.05, 4.69) is 0 Å². The zero-order valence-corrected chi connectivity index (χ0v) is 11.2. The summed E-state index contributed by atoms with van der Waals surface area (Å²) in [7, 11) is 0. The van der Waals surface area contributed by atoms with Crippen molar-refractivity contribution in [3.8, 4) is 11.5 Å². The van der Waals surface area contributed by atoms with Crippen molar-refractivity contribution in [2.45, 2.75) is 5.88 Å². The first-order valence-electron chi connectivity index (χ1n) is 5.37. The third kappa shape index (κ3) is 3.16. The highest BCUT2D eigenvalue weighted by molar-refractivity contribution is 6.32. The normalized spacial score (nSPS) is 10.2. The molecule has 0 radical (unpaired) electrons. The zero-order chi connectivity index (χ0) is 13.8. The highest BCUT2D eigenvalue weighted by Gasteiger charge is 2.10. The van der Waals surface area contributed by atoms with Crippen LogP contribution in [-0.2, 0) is 5.88 Å². The lowest BCUT2D eigenvalue weighted by molar-refractivity contribution is -0.384. The van der Waals surface area contributed by atoms with E-state index in [9.17, 15) is 10.1 Å². The predicted octanol–water partition coefficient (Wildman–Crippen LogP) is 4.78.